The van der Waals surface area contributed by atoms with E-state index in [9.17, 15) is 4.39 Å². The summed E-state index contributed by atoms with van der Waals surface area (Å²) in [6.45, 7) is 1.91. The average molecular weight is 269 g/mol. The van der Waals surface area contributed by atoms with Gasteiger partial charge >= 0.3 is 0 Å². The van der Waals surface area contributed by atoms with Gasteiger partial charge in [0.1, 0.15) is 5.82 Å². The Balaban J connectivity index is 2.16. The molecule has 0 aliphatic heterocycles. The van der Waals surface area contributed by atoms with E-state index in [0.29, 0.717) is 0 Å². The Bertz CT molecular complexity index is 733. The first-order valence-corrected chi connectivity index (χ1v) is 6.60. The van der Waals surface area contributed by atoms with Crippen molar-refractivity contribution >= 4 is 10.9 Å². The lowest BCUT2D eigenvalue weighted by molar-refractivity contribution is 0.464. The summed E-state index contributed by atoms with van der Waals surface area (Å²) >= 11 is 0. The average Bonchev–Trinajstić information content (AvgIpc) is 2.83. The van der Waals surface area contributed by atoms with Crippen molar-refractivity contribution in [3.8, 4) is 0 Å². The Morgan fingerprint density at radius 3 is 2.70 bits per heavy atom. The van der Waals surface area contributed by atoms with Crippen molar-refractivity contribution in [3.05, 3.63) is 66.1 Å². The van der Waals surface area contributed by atoms with Crippen LogP contribution >= 0.6 is 0 Å². The van der Waals surface area contributed by atoms with E-state index in [1.165, 1.54) is 12.1 Å². The Hall–Kier alpha value is -2.20. The molecule has 4 heteroatoms. The molecule has 3 aromatic rings. The van der Waals surface area contributed by atoms with Gasteiger partial charge in [-0.15, -0.1) is 0 Å². The summed E-state index contributed by atoms with van der Waals surface area (Å²) in [4.78, 5) is 0. The molecule has 0 saturated heterocycles. The van der Waals surface area contributed by atoms with Gasteiger partial charge < -0.3 is 5.73 Å². The normalized spacial score (nSPS) is 14.3. The molecule has 0 aliphatic rings. The number of hydrogen-bond donors (Lipinski definition) is 1. The summed E-state index contributed by atoms with van der Waals surface area (Å²) in [5, 5.41) is 5.49. The van der Waals surface area contributed by atoms with Gasteiger partial charge in [0.05, 0.1) is 17.8 Å². The van der Waals surface area contributed by atoms with Gasteiger partial charge in [-0.2, -0.15) is 5.10 Å². The van der Waals surface area contributed by atoms with Gasteiger partial charge in [0.2, 0.25) is 0 Å². The van der Waals surface area contributed by atoms with Crippen molar-refractivity contribution in [1.82, 2.24) is 9.78 Å². The predicted molar refractivity (Wildman–Crippen MR) is 77.9 cm³/mol. The highest BCUT2D eigenvalue weighted by Gasteiger charge is 2.21. The third-order valence-electron chi connectivity index (χ3n) is 3.46. The minimum atomic E-state index is -0.260. The number of rotatable bonds is 3. The number of nitrogens with two attached hydrogens (primary N) is 1. The zero-order chi connectivity index (χ0) is 14.1. The molecule has 3 nitrogen and oxygen atoms in total. The number of benzene rings is 2. The van der Waals surface area contributed by atoms with Crippen molar-refractivity contribution in [1.29, 1.82) is 0 Å². The Labute approximate surface area is 116 Å². The van der Waals surface area contributed by atoms with Crippen molar-refractivity contribution < 1.29 is 4.39 Å². The number of fused-ring (bicyclic) bond motifs is 1. The smallest absolute Gasteiger partial charge is 0.123 e. The molecule has 20 heavy (non-hydrogen) atoms. The number of halogens is 1. The van der Waals surface area contributed by atoms with Crippen molar-refractivity contribution in [3.63, 3.8) is 0 Å². The first-order chi connectivity index (χ1) is 9.66. The lowest BCUT2D eigenvalue weighted by atomic mass is 10.0. The maximum atomic E-state index is 13.5. The Kier molecular flexibility index (Phi) is 3.24. The van der Waals surface area contributed by atoms with Crippen molar-refractivity contribution in [2.75, 3.05) is 0 Å². The number of aromatic nitrogens is 2. The van der Waals surface area contributed by atoms with Crippen molar-refractivity contribution in [2.24, 2.45) is 5.73 Å². The van der Waals surface area contributed by atoms with Crippen LogP contribution in [0, 0.1) is 5.82 Å². The monoisotopic (exact) mass is 269 g/mol. The van der Waals surface area contributed by atoms with Crippen molar-refractivity contribution in [2.45, 2.75) is 19.0 Å². The van der Waals surface area contributed by atoms with E-state index in [1.807, 2.05) is 48.1 Å². The van der Waals surface area contributed by atoms with Crippen LogP contribution in [0.5, 0.6) is 0 Å². The maximum absolute atomic E-state index is 13.5. The van der Waals surface area contributed by atoms with Gasteiger partial charge in [-0.05, 0) is 30.7 Å². The second kappa shape index (κ2) is 5.06. The fraction of sp³-hybridized carbons (Fsp3) is 0.188. The fourth-order valence-electron chi connectivity index (χ4n) is 2.57. The summed E-state index contributed by atoms with van der Waals surface area (Å²) in [6, 6.07) is 14.1. The quantitative estimate of drug-likeness (QED) is 0.794. The highest BCUT2D eigenvalue weighted by Crippen LogP contribution is 2.25. The van der Waals surface area contributed by atoms with Crippen LogP contribution in [0.3, 0.4) is 0 Å². The van der Waals surface area contributed by atoms with Crippen LogP contribution in [0.1, 0.15) is 18.5 Å². The first-order valence-electron chi connectivity index (χ1n) is 6.60. The number of hydrogen-bond acceptors (Lipinski definition) is 2. The molecule has 3 rings (SSSR count). The standard InChI is InChI=1S/C16H16FN3/c1-11(18)16(12-6-4-7-14(17)9-12)20-15-8-3-2-5-13(15)10-19-20/h2-11,16H,18H2,1H3. The molecule has 2 unspecified atom stereocenters. The van der Waals surface area contributed by atoms with E-state index in [2.05, 4.69) is 5.10 Å². The molecule has 0 radical (unpaired) electrons. The maximum Gasteiger partial charge on any atom is 0.123 e. The van der Waals surface area contributed by atoms with Crippen LogP contribution in [0.15, 0.2) is 54.7 Å². The lowest BCUT2D eigenvalue weighted by Gasteiger charge is -2.23. The molecule has 0 bridgehead atoms. The molecule has 0 aliphatic carbocycles. The molecule has 2 atom stereocenters. The second-order valence-corrected chi connectivity index (χ2v) is 5.01. The summed E-state index contributed by atoms with van der Waals surface area (Å²) in [6.07, 6.45) is 1.81. The van der Waals surface area contributed by atoms with Crippen LogP contribution in [0.2, 0.25) is 0 Å². The van der Waals surface area contributed by atoms with E-state index >= 15 is 0 Å². The minimum absolute atomic E-state index is 0.180. The molecule has 1 heterocycles. The first kappa shape index (κ1) is 12.8. The second-order valence-electron chi connectivity index (χ2n) is 5.01. The van der Waals surface area contributed by atoms with Crippen LogP contribution < -0.4 is 5.73 Å². The number of para-hydroxylation sites is 1. The molecule has 0 amide bonds. The fourth-order valence-corrected chi connectivity index (χ4v) is 2.57. The molecule has 2 aromatic carbocycles. The van der Waals surface area contributed by atoms with Crippen LogP contribution in [-0.2, 0) is 0 Å². The highest BCUT2D eigenvalue weighted by molar-refractivity contribution is 5.78. The van der Waals surface area contributed by atoms with Gasteiger partial charge in [0.25, 0.3) is 0 Å². The van der Waals surface area contributed by atoms with E-state index < -0.39 is 0 Å². The largest absolute Gasteiger partial charge is 0.326 e. The highest BCUT2D eigenvalue weighted by atomic mass is 19.1. The lowest BCUT2D eigenvalue weighted by Crippen LogP contribution is -2.31. The minimum Gasteiger partial charge on any atom is -0.326 e. The Morgan fingerprint density at radius 2 is 1.95 bits per heavy atom. The van der Waals surface area contributed by atoms with E-state index in [4.69, 9.17) is 5.73 Å². The van der Waals surface area contributed by atoms with Crippen LogP contribution in [0.4, 0.5) is 4.39 Å². The summed E-state index contributed by atoms with van der Waals surface area (Å²) in [5.74, 6) is -0.260. The van der Waals surface area contributed by atoms with E-state index in [1.54, 1.807) is 6.07 Å². The van der Waals surface area contributed by atoms with Gasteiger partial charge in [-0.25, -0.2) is 4.39 Å². The summed E-state index contributed by atoms with van der Waals surface area (Å²) < 4.78 is 15.3. The zero-order valence-electron chi connectivity index (χ0n) is 11.2. The molecule has 2 N–H and O–H groups in total. The van der Waals surface area contributed by atoms with E-state index in [0.717, 1.165) is 16.5 Å². The SMILES string of the molecule is CC(N)C(c1cccc(F)c1)n1ncc2ccccc21. The molecule has 0 spiro atoms. The van der Waals surface area contributed by atoms with Gasteiger partial charge in [-0.3, -0.25) is 4.68 Å². The van der Waals surface area contributed by atoms with Gasteiger partial charge in [0.15, 0.2) is 0 Å². The topological polar surface area (TPSA) is 43.8 Å². The molecule has 0 saturated carbocycles. The Morgan fingerprint density at radius 1 is 1.15 bits per heavy atom. The van der Waals surface area contributed by atoms with Crippen LogP contribution in [-0.4, -0.2) is 15.8 Å². The van der Waals surface area contributed by atoms with Crippen LogP contribution in [0.25, 0.3) is 10.9 Å². The van der Waals surface area contributed by atoms with Gasteiger partial charge in [-0.1, -0.05) is 30.3 Å². The molecule has 1 aromatic heterocycles. The molecule has 102 valence electrons. The third-order valence-corrected chi connectivity index (χ3v) is 3.46. The number of nitrogens with zero attached hydrogens (tertiary/aromatic N) is 2. The summed E-state index contributed by atoms with van der Waals surface area (Å²) in [5.41, 5.74) is 7.94. The molecular weight excluding hydrogens is 253 g/mol. The zero-order valence-corrected chi connectivity index (χ0v) is 11.2. The molecule has 0 fully saturated rings. The van der Waals surface area contributed by atoms with E-state index in [-0.39, 0.29) is 17.9 Å². The molecular formula is C16H16FN3. The predicted octanol–water partition coefficient (Wildman–Crippen LogP) is 3.11. The summed E-state index contributed by atoms with van der Waals surface area (Å²) in [7, 11) is 0. The third kappa shape index (κ3) is 2.18. The van der Waals surface area contributed by atoms with Gasteiger partial charge in [0, 0.05) is 11.4 Å².